The third kappa shape index (κ3) is 3.64. The van der Waals surface area contributed by atoms with Crippen molar-refractivity contribution in [1.82, 2.24) is 10.6 Å². The number of nitrogens with one attached hydrogen (secondary N) is 2. The molecular weight excluding hydrogens is 256 g/mol. The van der Waals surface area contributed by atoms with Gasteiger partial charge < -0.3 is 15.7 Å². The monoisotopic (exact) mass is 282 g/mol. The van der Waals surface area contributed by atoms with Crippen LogP contribution in [0.25, 0.3) is 0 Å². The first kappa shape index (κ1) is 15.1. The van der Waals surface area contributed by atoms with Gasteiger partial charge in [-0.1, -0.05) is 13.8 Å². The zero-order chi connectivity index (χ0) is 14.7. The second-order valence-corrected chi connectivity index (χ2v) is 6.52. The number of carboxylic acid groups (broad SMARTS) is 1. The van der Waals surface area contributed by atoms with Gasteiger partial charge in [-0.15, -0.1) is 0 Å². The van der Waals surface area contributed by atoms with Crippen molar-refractivity contribution in [2.75, 3.05) is 0 Å². The Morgan fingerprint density at radius 3 is 2.10 bits per heavy atom. The van der Waals surface area contributed by atoms with Crippen LogP contribution >= 0.6 is 0 Å². The van der Waals surface area contributed by atoms with E-state index in [1.54, 1.807) is 0 Å². The fourth-order valence-corrected chi connectivity index (χ4v) is 3.45. The zero-order valence-electron chi connectivity index (χ0n) is 12.4. The molecule has 114 valence electrons. The van der Waals surface area contributed by atoms with E-state index in [9.17, 15) is 9.59 Å². The second kappa shape index (κ2) is 6.46. The second-order valence-electron chi connectivity index (χ2n) is 6.52. The van der Waals surface area contributed by atoms with Crippen molar-refractivity contribution in [2.24, 2.45) is 17.8 Å². The molecule has 0 radical (unpaired) electrons. The van der Waals surface area contributed by atoms with Gasteiger partial charge in [0.05, 0.1) is 5.92 Å². The molecule has 5 heteroatoms. The third-order valence-electron chi connectivity index (χ3n) is 5.19. The number of carbonyl (C=O) groups is 2. The van der Waals surface area contributed by atoms with E-state index in [4.69, 9.17) is 5.11 Å². The van der Waals surface area contributed by atoms with E-state index >= 15 is 0 Å². The Bertz CT molecular complexity index is 364. The number of urea groups is 1. The molecule has 20 heavy (non-hydrogen) atoms. The molecule has 0 bridgehead atoms. The Hall–Kier alpha value is -1.26. The van der Waals surface area contributed by atoms with Crippen molar-refractivity contribution in [3.8, 4) is 0 Å². The van der Waals surface area contributed by atoms with Gasteiger partial charge in [0.25, 0.3) is 0 Å². The Morgan fingerprint density at radius 1 is 0.950 bits per heavy atom. The van der Waals surface area contributed by atoms with Crippen LogP contribution < -0.4 is 10.6 Å². The largest absolute Gasteiger partial charge is 0.481 e. The summed E-state index contributed by atoms with van der Waals surface area (Å²) in [5.74, 6) is 0.267. The fraction of sp³-hybridized carbons (Fsp3) is 0.867. The van der Waals surface area contributed by atoms with Crippen LogP contribution in [0, 0.1) is 17.8 Å². The molecule has 0 aromatic rings. The first-order valence-corrected chi connectivity index (χ1v) is 7.77. The highest BCUT2D eigenvalue weighted by Crippen LogP contribution is 2.31. The highest BCUT2D eigenvalue weighted by molar-refractivity contribution is 5.75. The third-order valence-corrected chi connectivity index (χ3v) is 5.19. The van der Waals surface area contributed by atoms with Crippen molar-refractivity contribution in [2.45, 2.75) is 64.5 Å². The van der Waals surface area contributed by atoms with E-state index < -0.39 is 5.97 Å². The van der Waals surface area contributed by atoms with Gasteiger partial charge in [0, 0.05) is 12.1 Å². The summed E-state index contributed by atoms with van der Waals surface area (Å²) in [5, 5.41) is 15.0. The standard InChI is InChI=1S/C15H26N2O3/c1-9-3-8-13(10(9)2)17-15(20)16-12-6-4-11(5-7-12)14(18)19/h9-13H,3-8H2,1-2H3,(H,18,19)(H2,16,17,20). The molecular formula is C15H26N2O3. The van der Waals surface area contributed by atoms with E-state index in [1.807, 2.05) is 0 Å². The number of aliphatic carboxylic acids is 1. The number of rotatable bonds is 3. The molecule has 0 aliphatic heterocycles. The predicted octanol–water partition coefficient (Wildman–Crippen LogP) is 2.36. The normalized spacial score (nSPS) is 37.4. The Kier molecular flexibility index (Phi) is 4.89. The van der Waals surface area contributed by atoms with E-state index in [-0.39, 0.29) is 24.0 Å². The lowest BCUT2D eigenvalue weighted by atomic mass is 9.86. The topological polar surface area (TPSA) is 78.4 Å². The molecule has 0 heterocycles. The Balaban J connectivity index is 1.72. The summed E-state index contributed by atoms with van der Waals surface area (Å²) in [6.45, 7) is 4.43. The van der Waals surface area contributed by atoms with Crippen molar-refractivity contribution in [3.63, 3.8) is 0 Å². The zero-order valence-corrected chi connectivity index (χ0v) is 12.4. The Labute approximate surface area is 120 Å². The summed E-state index contributed by atoms with van der Waals surface area (Å²) in [5.41, 5.74) is 0. The van der Waals surface area contributed by atoms with Crippen LogP contribution in [-0.2, 0) is 4.79 Å². The molecule has 2 saturated carbocycles. The molecule has 2 fully saturated rings. The number of carboxylic acids is 1. The first-order chi connectivity index (χ1) is 9.47. The van der Waals surface area contributed by atoms with Crippen molar-refractivity contribution < 1.29 is 14.7 Å². The van der Waals surface area contributed by atoms with Gasteiger partial charge in [0.1, 0.15) is 0 Å². The van der Waals surface area contributed by atoms with E-state index in [2.05, 4.69) is 24.5 Å². The molecule has 0 spiro atoms. The molecule has 0 aromatic heterocycles. The Morgan fingerprint density at radius 2 is 1.60 bits per heavy atom. The molecule has 5 nitrogen and oxygen atoms in total. The molecule has 0 aromatic carbocycles. The highest BCUT2D eigenvalue weighted by Gasteiger charge is 2.32. The first-order valence-electron chi connectivity index (χ1n) is 7.77. The van der Waals surface area contributed by atoms with Crippen molar-refractivity contribution in [3.05, 3.63) is 0 Å². The molecule has 3 unspecified atom stereocenters. The van der Waals surface area contributed by atoms with E-state index in [0.717, 1.165) is 19.3 Å². The van der Waals surface area contributed by atoms with Gasteiger partial charge in [-0.2, -0.15) is 0 Å². The maximum absolute atomic E-state index is 12.0. The summed E-state index contributed by atoms with van der Waals surface area (Å²) < 4.78 is 0. The molecule has 2 aliphatic carbocycles. The summed E-state index contributed by atoms with van der Waals surface area (Å²) >= 11 is 0. The van der Waals surface area contributed by atoms with Crippen LogP contribution in [0.2, 0.25) is 0 Å². The van der Waals surface area contributed by atoms with Gasteiger partial charge in [-0.3, -0.25) is 4.79 Å². The van der Waals surface area contributed by atoms with E-state index in [0.29, 0.717) is 24.7 Å². The van der Waals surface area contributed by atoms with Crippen LogP contribution in [0.15, 0.2) is 0 Å². The van der Waals surface area contributed by atoms with Crippen LogP contribution in [0.4, 0.5) is 4.79 Å². The summed E-state index contributed by atoms with van der Waals surface area (Å²) in [6, 6.07) is 0.315. The molecule has 3 atom stereocenters. The SMILES string of the molecule is CC1CCC(NC(=O)NC2CCC(C(=O)O)CC2)C1C. The lowest BCUT2D eigenvalue weighted by molar-refractivity contribution is -0.142. The minimum absolute atomic E-state index is 0.0882. The highest BCUT2D eigenvalue weighted by atomic mass is 16.4. The van der Waals surface area contributed by atoms with Crippen LogP contribution in [0.1, 0.15) is 52.4 Å². The van der Waals surface area contributed by atoms with Crippen molar-refractivity contribution >= 4 is 12.0 Å². The quantitative estimate of drug-likeness (QED) is 0.743. The molecule has 2 amide bonds. The molecule has 2 aliphatic rings. The molecule has 0 saturated heterocycles. The average Bonchev–Trinajstić information content (AvgIpc) is 2.71. The van der Waals surface area contributed by atoms with E-state index in [1.165, 1.54) is 6.42 Å². The molecule has 2 rings (SSSR count). The van der Waals surface area contributed by atoms with Gasteiger partial charge in [-0.05, 0) is 50.4 Å². The minimum atomic E-state index is -0.707. The number of carbonyl (C=O) groups excluding carboxylic acids is 1. The minimum Gasteiger partial charge on any atom is -0.481 e. The lowest BCUT2D eigenvalue weighted by Crippen LogP contribution is -2.48. The van der Waals surface area contributed by atoms with Gasteiger partial charge in [0.2, 0.25) is 0 Å². The average molecular weight is 282 g/mol. The van der Waals surface area contributed by atoms with Gasteiger partial charge in [-0.25, -0.2) is 4.79 Å². The lowest BCUT2D eigenvalue weighted by Gasteiger charge is -2.28. The smallest absolute Gasteiger partial charge is 0.315 e. The predicted molar refractivity (Wildman–Crippen MR) is 76.4 cm³/mol. The number of amides is 2. The van der Waals surface area contributed by atoms with Crippen LogP contribution in [0.3, 0.4) is 0 Å². The maximum atomic E-state index is 12.0. The number of hydrogen-bond acceptors (Lipinski definition) is 2. The summed E-state index contributed by atoms with van der Waals surface area (Å²) in [7, 11) is 0. The fourth-order valence-electron chi connectivity index (χ4n) is 3.45. The maximum Gasteiger partial charge on any atom is 0.315 e. The molecule has 3 N–H and O–H groups in total. The van der Waals surface area contributed by atoms with Crippen LogP contribution in [0.5, 0.6) is 0 Å². The van der Waals surface area contributed by atoms with Gasteiger partial charge >= 0.3 is 12.0 Å². The van der Waals surface area contributed by atoms with Crippen LogP contribution in [-0.4, -0.2) is 29.2 Å². The summed E-state index contributed by atoms with van der Waals surface area (Å²) in [4.78, 5) is 22.9. The number of hydrogen-bond donors (Lipinski definition) is 3. The van der Waals surface area contributed by atoms with Crippen molar-refractivity contribution in [1.29, 1.82) is 0 Å². The summed E-state index contributed by atoms with van der Waals surface area (Å²) in [6.07, 6.45) is 5.09. The van der Waals surface area contributed by atoms with Gasteiger partial charge in [0.15, 0.2) is 0 Å².